The third-order valence-electron chi connectivity index (χ3n) is 5.40. The number of ether oxygens (including phenoxy) is 2. The van der Waals surface area contributed by atoms with E-state index in [1.54, 1.807) is 4.90 Å². The van der Waals surface area contributed by atoms with Crippen LogP contribution in [-0.2, 0) is 19.1 Å². The number of piperidine rings is 1. The lowest BCUT2D eigenvalue weighted by Crippen LogP contribution is -2.52. The number of benzene rings is 1. The molecule has 3 saturated heterocycles. The molecule has 0 saturated carbocycles. The first-order valence-corrected chi connectivity index (χ1v) is 9.09. The molecule has 6 nitrogen and oxygen atoms in total. The van der Waals surface area contributed by atoms with Crippen LogP contribution >= 0.6 is 0 Å². The van der Waals surface area contributed by atoms with Crippen molar-refractivity contribution in [3.05, 3.63) is 30.3 Å². The quantitative estimate of drug-likeness (QED) is 0.821. The van der Waals surface area contributed by atoms with Gasteiger partial charge in [-0.3, -0.25) is 9.59 Å². The third-order valence-corrected chi connectivity index (χ3v) is 5.40. The number of carbonyl (C=O) groups excluding carboxylic acids is 2. The Bertz CT molecular complexity index is 632. The fourth-order valence-electron chi connectivity index (χ4n) is 3.96. The van der Waals surface area contributed by atoms with E-state index in [0.717, 1.165) is 25.3 Å². The molecule has 3 fully saturated rings. The molecule has 134 valence electrons. The average Bonchev–Trinajstić information content (AvgIpc) is 3.05. The Morgan fingerprint density at radius 2 is 1.76 bits per heavy atom. The minimum absolute atomic E-state index is 0.0250. The Hall–Kier alpha value is -1.92. The molecule has 3 aliphatic heterocycles. The maximum Gasteiger partial charge on any atom is 0.228 e. The summed E-state index contributed by atoms with van der Waals surface area (Å²) in [6.07, 6.45) is 2.65. The zero-order valence-corrected chi connectivity index (χ0v) is 14.4. The second-order valence-corrected chi connectivity index (χ2v) is 7.03. The van der Waals surface area contributed by atoms with Crippen LogP contribution in [0.3, 0.4) is 0 Å². The van der Waals surface area contributed by atoms with Gasteiger partial charge in [0.25, 0.3) is 0 Å². The van der Waals surface area contributed by atoms with Crippen LogP contribution in [0.4, 0.5) is 5.69 Å². The van der Waals surface area contributed by atoms with Crippen molar-refractivity contribution in [2.45, 2.75) is 31.5 Å². The minimum atomic E-state index is -0.489. The largest absolute Gasteiger partial charge is 0.350 e. The predicted octanol–water partition coefficient (Wildman–Crippen LogP) is 1.80. The maximum atomic E-state index is 12.9. The molecule has 0 aliphatic carbocycles. The number of nitrogens with zero attached hydrogens (tertiary/aromatic N) is 2. The lowest BCUT2D eigenvalue weighted by molar-refractivity contribution is -0.282. The van der Waals surface area contributed by atoms with Crippen molar-refractivity contribution in [2.24, 2.45) is 5.92 Å². The molecule has 3 heterocycles. The van der Waals surface area contributed by atoms with E-state index in [9.17, 15) is 9.59 Å². The first kappa shape index (κ1) is 16.5. The molecule has 1 spiro atoms. The smallest absolute Gasteiger partial charge is 0.228 e. The summed E-state index contributed by atoms with van der Waals surface area (Å²) in [4.78, 5) is 28.8. The molecule has 1 atom stereocenters. The van der Waals surface area contributed by atoms with Crippen molar-refractivity contribution in [3.63, 3.8) is 0 Å². The number of carbonyl (C=O) groups is 2. The van der Waals surface area contributed by atoms with Crippen LogP contribution in [0, 0.1) is 5.92 Å². The van der Waals surface area contributed by atoms with Gasteiger partial charge in [0.1, 0.15) is 0 Å². The number of likely N-dealkylation sites (tertiary alicyclic amines) is 1. The van der Waals surface area contributed by atoms with E-state index < -0.39 is 5.79 Å². The SMILES string of the molecule is O=C(C1CC(=O)N(c2ccccc2)C1)N1CCC2(CC1)OCCCO2. The number of rotatable bonds is 2. The standard InChI is InChI=1S/C19H24N2O4/c22-17-13-15(14-21(17)16-5-2-1-3-6-16)18(23)20-9-7-19(8-10-20)24-11-4-12-25-19/h1-3,5-6,15H,4,7-14H2. The van der Waals surface area contributed by atoms with Crippen LogP contribution in [0.15, 0.2) is 30.3 Å². The Balaban J connectivity index is 1.37. The van der Waals surface area contributed by atoms with Crippen molar-refractivity contribution >= 4 is 17.5 Å². The number of amides is 2. The van der Waals surface area contributed by atoms with Crippen molar-refractivity contribution in [3.8, 4) is 0 Å². The minimum Gasteiger partial charge on any atom is -0.350 e. The molecule has 1 unspecified atom stereocenters. The van der Waals surface area contributed by atoms with E-state index in [0.29, 0.717) is 38.9 Å². The predicted molar refractivity (Wildman–Crippen MR) is 92.0 cm³/mol. The fourth-order valence-corrected chi connectivity index (χ4v) is 3.96. The topological polar surface area (TPSA) is 59.1 Å². The summed E-state index contributed by atoms with van der Waals surface area (Å²) in [6.45, 7) is 3.20. The lowest BCUT2D eigenvalue weighted by Gasteiger charge is -2.43. The van der Waals surface area contributed by atoms with E-state index in [4.69, 9.17) is 9.47 Å². The average molecular weight is 344 g/mol. The van der Waals surface area contributed by atoms with E-state index in [2.05, 4.69) is 0 Å². The molecular formula is C19H24N2O4. The normalized spacial score (nSPS) is 26.2. The van der Waals surface area contributed by atoms with Gasteiger partial charge in [0, 0.05) is 44.6 Å². The number of hydrogen-bond donors (Lipinski definition) is 0. The van der Waals surface area contributed by atoms with Gasteiger partial charge in [0.2, 0.25) is 11.8 Å². The molecule has 1 aromatic rings. The highest BCUT2D eigenvalue weighted by Crippen LogP contribution is 2.32. The summed E-state index contributed by atoms with van der Waals surface area (Å²) in [5.74, 6) is -0.638. The van der Waals surface area contributed by atoms with Crippen molar-refractivity contribution in [1.29, 1.82) is 0 Å². The summed E-state index contributed by atoms with van der Waals surface area (Å²) in [7, 11) is 0. The first-order valence-electron chi connectivity index (χ1n) is 9.09. The molecule has 0 bridgehead atoms. The van der Waals surface area contributed by atoms with Gasteiger partial charge < -0.3 is 19.3 Å². The molecule has 2 amide bonds. The van der Waals surface area contributed by atoms with E-state index >= 15 is 0 Å². The zero-order chi connectivity index (χ0) is 17.3. The van der Waals surface area contributed by atoms with Crippen LogP contribution in [0.2, 0.25) is 0 Å². The van der Waals surface area contributed by atoms with Crippen molar-refractivity contribution in [2.75, 3.05) is 37.7 Å². The highest BCUT2D eigenvalue weighted by molar-refractivity contribution is 6.00. The van der Waals surface area contributed by atoms with Crippen molar-refractivity contribution < 1.29 is 19.1 Å². The third kappa shape index (κ3) is 3.28. The molecule has 0 radical (unpaired) electrons. The molecular weight excluding hydrogens is 320 g/mol. The van der Waals surface area contributed by atoms with Gasteiger partial charge in [-0.1, -0.05) is 18.2 Å². The van der Waals surface area contributed by atoms with E-state index in [-0.39, 0.29) is 17.7 Å². The first-order chi connectivity index (χ1) is 12.2. The van der Waals surface area contributed by atoms with Gasteiger partial charge in [-0.05, 0) is 18.6 Å². The number of hydrogen-bond acceptors (Lipinski definition) is 4. The van der Waals surface area contributed by atoms with E-state index in [1.165, 1.54) is 0 Å². The second kappa shape index (κ2) is 6.77. The summed E-state index contributed by atoms with van der Waals surface area (Å²) in [6, 6.07) is 9.56. The maximum absolute atomic E-state index is 12.9. The van der Waals surface area contributed by atoms with Crippen LogP contribution in [0.25, 0.3) is 0 Å². The number of para-hydroxylation sites is 1. The van der Waals surface area contributed by atoms with Crippen molar-refractivity contribution in [1.82, 2.24) is 4.90 Å². The molecule has 0 aromatic heterocycles. The Morgan fingerprint density at radius 1 is 1.08 bits per heavy atom. The van der Waals surface area contributed by atoms with Gasteiger partial charge in [-0.25, -0.2) is 0 Å². The molecule has 3 aliphatic rings. The summed E-state index contributed by atoms with van der Waals surface area (Å²) in [5.41, 5.74) is 0.865. The number of anilines is 1. The molecule has 25 heavy (non-hydrogen) atoms. The Labute approximate surface area is 147 Å². The lowest BCUT2D eigenvalue weighted by atomic mass is 9.99. The van der Waals surface area contributed by atoms with Gasteiger partial charge in [0.05, 0.1) is 19.1 Å². The fraction of sp³-hybridized carbons (Fsp3) is 0.579. The molecule has 1 aromatic carbocycles. The monoisotopic (exact) mass is 344 g/mol. The Kier molecular flexibility index (Phi) is 4.48. The van der Waals surface area contributed by atoms with Gasteiger partial charge in [0.15, 0.2) is 5.79 Å². The van der Waals surface area contributed by atoms with Crippen LogP contribution in [-0.4, -0.2) is 55.3 Å². The highest BCUT2D eigenvalue weighted by atomic mass is 16.7. The second-order valence-electron chi connectivity index (χ2n) is 7.03. The summed E-state index contributed by atoms with van der Waals surface area (Å²) in [5, 5.41) is 0. The molecule has 0 N–H and O–H groups in total. The zero-order valence-electron chi connectivity index (χ0n) is 14.4. The van der Waals surface area contributed by atoms with Crippen LogP contribution < -0.4 is 4.90 Å². The molecule has 4 rings (SSSR count). The van der Waals surface area contributed by atoms with E-state index in [1.807, 2.05) is 35.2 Å². The molecule has 6 heteroatoms. The Morgan fingerprint density at radius 3 is 2.44 bits per heavy atom. The van der Waals surface area contributed by atoms with Crippen LogP contribution in [0.1, 0.15) is 25.7 Å². The van der Waals surface area contributed by atoms with Gasteiger partial charge >= 0.3 is 0 Å². The summed E-state index contributed by atoms with van der Waals surface area (Å²) >= 11 is 0. The van der Waals surface area contributed by atoms with Crippen LogP contribution in [0.5, 0.6) is 0 Å². The summed E-state index contributed by atoms with van der Waals surface area (Å²) < 4.78 is 11.7. The van der Waals surface area contributed by atoms with Gasteiger partial charge in [-0.2, -0.15) is 0 Å². The van der Waals surface area contributed by atoms with Gasteiger partial charge in [-0.15, -0.1) is 0 Å². The highest BCUT2D eigenvalue weighted by Gasteiger charge is 2.42.